The fourth-order valence-corrected chi connectivity index (χ4v) is 4.70. The number of benzene rings is 2. The Kier molecular flexibility index (Phi) is 5.75. The Morgan fingerprint density at radius 2 is 1.57 bits per heavy atom. The summed E-state index contributed by atoms with van der Waals surface area (Å²) >= 11 is 0. The van der Waals surface area contributed by atoms with Crippen molar-refractivity contribution >= 4 is 17.6 Å². The van der Waals surface area contributed by atoms with Crippen molar-refractivity contribution in [1.82, 2.24) is 9.80 Å². The standard InChI is InChI=1S/C24H28FN3O2/c1-26(24(30)27(2)20-6-4-3-5-7-20)16-17-8-10-18(11-9-17)23(29)28-21-12-13-22(28)15-19(25)14-21/h3-11,19,21-22H,12-16H2,1-2H3. The number of urea groups is 1. The van der Waals surface area contributed by atoms with E-state index in [0.717, 1.165) is 24.1 Å². The molecule has 2 heterocycles. The number of amides is 3. The summed E-state index contributed by atoms with van der Waals surface area (Å²) in [6.45, 7) is 0.447. The smallest absolute Gasteiger partial charge is 0.324 e. The molecule has 0 spiro atoms. The summed E-state index contributed by atoms with van der Waals surface area (Å²) in [5.41, 5.74) is 2.42. The summed E-state index contributed by atoms with van der Waals surface area (Å²) in [5, 5.41) is 0. The number of rotatable bonds is 4. The number of hydrogen-bond donors (Lipinski definition) is 0. The minimum absolute atomic E-state index is 0.00538. The molecule has 2 bridgehead atoms. The van der Waals surface area contributed by atoms with Gasteiger partial charge in [-0.15, -0.1) is 0 Å². The maximum Gasteiger partial charge on any atom is 0.324 e. The van der Waals surface area contributed by atoms with Gasteiger partial charge in [-0.3, -0.25) is 9.69 Å². The zero-order valence-corrected chi connectivity index (χ0v) is 17.5. The average Bonchev–Trinajstić information content (AvgIpc) is 3.04. The number of anilines is 1. The largest absolute Gasteiger partial charge is 0.332 e. The van der Waals surface area contributed by atoms with Crippen LogP contribution in [-0.2, 0) is 6.54 Å². The minimum Gasteiger partial charge on any atom is -0.332 e. The molecule has 30 heavy (non-hydrogen) atoms. The molecule has 2 aromatic carbocycles. The highest BCUT2D eigenvalue weighted by Gasteiger charge is 2.43. The highest BCUT2D eigenvalue weighted by Crippen LogP contribution is 2.37. The molecular formula is C24H28FN3O2. The first-order chi connectivity index (χ1) is 14.4. The molecule has 2 atom stereocenters. The Labute approximate surface area is 177 Å². The van der Waals surface area contributed by atoms with Crippen molar-refractivity contribution in [3.63, 3.8) is 0 Å². The van der Waals surface area contributed by atoms with Crippen molar-refractivity contribution in [3.8, 4) is 0 Å². The molecule has 0 aliphatic carbocycles. The van der Waals surface area contributed by atoms with Gasteiger partial charge in [-0.1, -0.05) is 30.3 Å². The van der Waals surface area contributed by atoms with Crippen LogP contribution in [0.1, 0.15) is 41.6 Å². The number of para-hydroxylation sites is 1. The van der Waals surface area contributed by atoms with Crippen molar-refractivity contribution in [1.29, 1.82) is 0 Å². The maximum absolute atomic E-state index is 13.8. The van der Waals surface area contributed by atoms with Crippen LogP contribution < -0.4 is 4.90 Å². The van der Waals surface area contributed by atoms with Gasteiger partial charge < -0.3 is 9.80 Å². The van der Waals surface area contributed by atoms with Crippen molar-refractivity contribution in [2.24, 2.45) is 0 Å². The lowest BCUT2D eigenvalue weighted by Gasteiger charge is -2.36. The van der Waals surface area contributed by atoms with Crippen LogP contribution >= 0.6 is 0 Å². The Morgan fingerprint density at radius 3 is 2.17 bits per heavy atom. The molecule has 4 rings (SSSR count). The molecule has 3 amide bonds. The number of hydrogen-bond acceptors (Lipinski definition) is 2. The van der Waals surface area contributed by atoms with Gasteiger partial charge in [-0.25, -0.2) is 9.18 Å². The molecule has 2 unspecified atom stereocenters. The number of carbonyl (C=O) groups is 2. The van der Waals surface area contributed by atoms with E-state index in [1.165, 1.54) is 0 Å². The van der Waals surface area contributed by atoms with E-state index in [9.17, 15) is 14.0 Å². The molecule has 5 nitrogen and oxygen atoms in total. The van der Waals surface area contributed by atoms with Crippen LogP contribution in [0.3, 0.4) is 0 Å². The average molecular weight is 410 g/mol. The first-order valence-corrected chi connectivity index (χ1v) is 10.5. The number of nitrogens with zero attached hydrogens (tertiary/aromatic N) is 3. The van der Waals surface area contributed by atoms with Gasteiger partial charge in [0, 0.05) is 44.0 Å². The summed E-state index contributed by atoms with van der Waals surface area (Å²) in [6.07, 6.45) is 1.94. The van der Waals surface area contributed by atoms with Crippen LogP contribution in [0, 0.1) is 0 Å². The summed E-state index contributed by atoms with van der Waals surface area (Å²) in [4.78, 5) is 30.8. The minimum atomic E-state index is -0.781. The lowest BCUT2D eigenvalue weighted by molar-refractivity contribution is 0.0479. The van der Waals surface area contributed by atoms with Gasteiger partial charge in [0.1, 0.15) is 6.17 Å². The van der Waals surface area contributed by atoms with Gasteiger partial charge in [0.25, 0.3) is 5.91 Å². The molecule has 158 valence electrons. The molecule has 2 saturated heterocycles. The molecule has 0 N–H and O–H groups in total. The van der Waals surface area contributed by atoms with Crippen LogP contribution in [0.5, 0.6) is 0 Å². The second kappa shape index (κ2) is 8.46. The first-order valence-electron chi connectivity index (χ1n) is 10.5. The summed E-state index contributed by atoms with van der Waals surface area (Å²) < 4.78 is 13.8. The van der Waals surface area contributed by atoms with Crippen molar-refractivity contribution in [2.45, 2.75) is 50.5 Å². The predicted octanol–water partition coefficient (Wildman–Crippen LogP) is 4.48. The number of piperidine rings is 1. The number of halogens is 1. The van der Waals surface area contributed by atoms with Gasteiger partial charge in [0.15, 0.2) is 0 Å². The zero-order valence-electron chi connectivity index (χ0n) is 17.5. The molecule has 6 heteroatoms. The van der Waals surface area contributed by atoms with Crippen molar-refractivity contribution in [2.75, 3.05) is 19.0 Å². The van der Waals surface area contributed by atoms with Crippen LogP contribution in [0.15, 0.2) is 54.6 Å². The fourth-order valence-electron chi connectivity index (χ4n) is 4.70. The van der Waals surface area contributed by atoms with Crippen LogP contribution in [0.2, 0.25) is 0 Å². The number of alkyl halides is 1. The molecule has 2 aromatic rings. The third kappa shape index (κ3) is 4.04. The molecule has 2 aliphatic rings. The van der Waals surface area contributed by atoms with Crippen molar-refractivity contribution in [3.05, 3.63) is 65.7 Å². The van der Waals surface area contributed by atoms with E-state index >= 15 is 0 Å². The van der Waals surface area contributed by atoms with Gasteiger partial charge in [-0.05, 0) is 55.5 Å². The van der Waals surface area contributed by atoms with E-state index in [4.69, 9.17) is 0 Å². The van der Waals surface area contributed by atoms with E-state index in [2.05, 4.69) is 0 Å². The van der Waals surface area contributed by atoms with Crippen molar-refractivity contribution < 1.29 is 14.0 Å². The van der Waals surface area contributed by atoms with Gasteiger partial charge >= 0.3 is 6.03 Å². The normalized spacial score (nSPS) is 22.6. The third-order valence-electron chi connectivity index (χ3n) is 6.29. The van der Waals surface area contributed by atoms with Crippen LogP contribution in [-0.4, -0.2) is 54.1 Å². The second-order valence-corrected chi connectivity index (χ2v) is 8.40. The Hall–Kier alpha value is -2.89. The lowest BCUT2D eigenvalue weighted by Crippen LogP contribution is -2.47. The third-order valence-corrected chi connectivity index (χ3v) is 6.29. The maximum atomic E-state index is 13.8. The van der Waals surface area contributed by atoms with E-state index in [-0.39, 0.29) is 24.0 Å². The summed E-state index contributed by atoms with van der Waals surface area (Å²) in [6, 6.07) is 16.9. The van der Waals surface area contributed by atoms with Crippen LogP contribution in [0.4, 0.5) is 14.9 Å². The van der Waals surface area contributed by atoms with E-state index < -0.39 is 6.17 Å². The second-order valence-electron chi connectivity index (χ2n) is 8.40. The summed E-state index contributed by atoms with van der Waals surface area (Å²) in [5.74, 6) is -0.00538. The lowest BCUT2D eigenvalue weighted by atomic mass is 9.99. The molecule has 2 aliphatic heterocycles. The first kappa shape index (κ1) is 20.4. The quantitative estimate of drug-likeness (QED) is 0.747. The Balaban J connectivity index is 1.39. The predicted molar refractivity (Wildman–Crippen MR) is 115 cm³/mol. The van der Waals surface area contributed by atoms with Gasteiger partial charge in [0.05, 0.1) is 0 Å². The molecule has 0 saturated carbocycles. The van der Waals surface area contributed by atoms with Crippen LogP contribution in [0.25, 0.3) is 0 Å². The van der Waals surface area contributed by atoms with E-state index in [1.54, 1.807) is 23.9 Å². The number of carbonyl (C=O) groups excluding carboxylic acids is 2. The van der Waals surface area contributed by atoms with Gasteiger partial charge in [-0.2, -0.15) is 0 Å². The molecule has 0 radical (unpaired) electrons. The monoisotopic (exact) mass is 409 g/mol. The van der Waals surface area contributed by atoms with Gasteiger partial charge in [0.2, 0.25) is 0 Å². The molecule has 0 aromatic heterocycles. The highest BCUT2D eigenvalue weighted by molar-refractivity contribution is 5.95. The molecule has 2 fully saturated rings. The van der Waals surface area contributed by atoms with E-state index in [0.29, 0.717) is 24.9 Å². The Bertz CT molecular complexity index is 888. The fraction of sp³-hybridized carbons (Fsp3) is 0.417. The number of fused-ring (bicyclic) bond motifs is 2. The Morgan fingerprint density at radius 1 is 0.967 bits per heavy atom. The SMILES string of the molecule is CN(Cc1ccc(C(=O)N2C3CCC2CC(F)C3)cc1)C(=O)N(C)c1ccccc1. The van der Waals surface area contributed by atoms with E-state index in [1.807, 2.05) is 59.5 Å². The highest BCUT2D eigenvalue weighted by atomic mass is 19.1. The summed E-state index contributed by atoms with van der Waals surface area (Å²) in [7, 11) is 3.52. The molecular weight excluding hydrogens is 381 g/mol. The zero-order chi connectivity index (χ0) is 21.3. The topological polar surface area (TPSA) is 43.9 Å².